The lowest BCUT2D eigenvalue weighted by atomic mass is 10.1. The molecule has 0 amide bonds. The first-order valence-corrected chi connectivity index (χ1v) is 12.3. The van der Waals surface area contributed by atoms with Crippen LogP contribution in [-0.2, 0) is 6.42 Å². The number of aromatic nitrogens is 3. The predicted octanol–water partition coefficient (Wildman–Crippen LogP) is 4.62. The van der Waals surface area contributed by atoms with E-state index < -0.39 is 0 Å². The fourth-order valence-electron chi connectivity index (χ4n) is 4.95. The van der Waals surface area contributed by atoms with Gasteiger partial charge in [-0.2, -0.15) is 9.61 Å². The topological polar surface area (TPSA) is 64.4 Å². The molecule has 5 rings (SSSR count). The first-order chi connectivity index (χ1) is 17.5. The largest absolute Gasteiger partial charge is 0.497 e. The minimum Gasteiger partial charge on any atom is -0.497 e. The predicted molar refractivity (Wildman–Crippen MR) is 143 cm³/mol. The first-order valence-electron chi connectivity index (χ1n) is 12.3. The number of hydrogen-bond acceptors (Lipinski definition) is 7. The molecule has 0 bridgehead atoms. The van der Waals surface area contributed by atoms with Gasteiger partial charge in [-0.05, 0) is 37.6 Å². The third-order valence-corrected chi connectivity index (χ3v) is 6.88. The maximum atomic E-state index is 5.48. The summed E-state index contributed by atoms with van der Waals surface area (Å²) in [5.74, 6) is 3.47. The lowest BCUT2D eigenvalue weighted by Gasteiger charge is -2.38. The van der Waals surface area contributed by atoms with Gasteiger partial charge < -0.3 is 24.0 Å². The van der Waals surface area contributed by atoms with Crippen molar-refractivity contribution < 1.29 is 14.2 Å². The van der Waals surface area contributed by atoms with Gasteiger partial charge in [0.1, 0.15) is 23.1 Å². The molecule has 1 aliphatic rings. The summed E-state index contributed by atoms with van der Waals surface area (Å²) < 4.78 is 18.4. The molecule has 1 saturated heterocycles. The number of nitrogens with zero attached hydrogens (tertiary/aromatic N) is 5. The molecule has 1 fully saturated rings. The van der Waals surface area contributed by atoms with Crippen molar-refractivity contribution in [2.75, 3.05) is 57.3 Å². The van der Waals surface area contributed by atoms with Crippen molar-refractivity contribution >= 4 is 17.2 Å². The van der Waals surface area contributed by atoms with Crippen LogP contribution in [0.15, 0.2) is 48.5 Å². The highest BCUT2D eigenvalue weighted by molar-refractivity contribution is 5.70. The summed E-state index contributed by atoms with van der Waals surface area (Å²) in [6.07, 6.45) is 0.891. The molecule has 1 aliphatic heterocycles. The Balaban J connectivity index is 1.51. The Hall–Kier alpha value is -3.94. The van der Waals surface area contributed by atoms with E-state index in [1.165, 1.54) is 11.3 Å². The number of benzene rings is 2. The molecule has 2 aromatic carbocycles. The van der Waals surface area contributed by atoms with Crippen molar-refractivity contribution in [2.45, 2.75) is 20.3 Å². The number of methoxy groups -OCH3 is 3. The molecule has 3 heterocycles. The first kappa shape index (κ1) is 23.8. The van der Waals surface area contributed by atoms with E-state index in [0.717, 1.165) is 78.3 Å². The SMILES string of the molecule is CCc1c(C)nc2cc(-c3cc(OC)cc(OC)c3)nn2c1N1CCN(c2cccc(OC)c2)CC1. The zero-order valence-electron chi connectivity index (χ0n) is 21.6. The lowest BCUT2D eigenvalue weighted by Crippen LogP contribution is -2.47. The van der Waals surface area contributed by atoms with Gasteiger partial charge in [-0.1, -0.05) is 13.0 Å². The van der Waals surface area contributed by atoms with Gasteiger partial charge in [0.05, 0.1) is 27.0 Å². The van der Waals surface area contributed by atoms with Gasteiger partial charge in [0.25, 0.3) is 0 Å². The fourth-order valence-corrected chi connectivity index (χ4v) is 4.95. The second-order valence-electron chi connectivity index (χ2n) is 8.93. The van der Waals surface area contributed by atoms with E-state index in [2.05, 4.69) is 35.8 Å². The summed E-state index contributed by atoms with van der Waals surface area (Å²) in [7, 11) is 5.02. The van der Waals surface area contributed by atoms with E-state index in [-0.39, 0.29) is 0 Å². The van der Waals surface area contributed by atoms with E-state index >= 15 is 0 Å². The Kier molecular flexibility index (Phi) is 6.59. The van der Waals surface area contributed by atoms with Crippen molar-refractivity contribution in [3.8, 4) is 28.5 Å². The molecule has 0 aliphatic carbocycles. The highest BCUT2D eigenvalue weighted by Crippen LogP contribution is 2.33. The van der Waals surface area contributed by atoms with Crippen LogP contribution >= 0.6 is 0 Å². The molecule has 0 N–H and O–H groups in total. The summed E-state index contributed by atoms with van der Waals surface area (Å²) in [4.78, 5) is 9.76. The molecular weight excluding hydrogens is 454 g/mol. The van der Waals surface area contributed by atoms with E-state index in [1.807, 2.05) is 40.9 Å². The molecule has 4 aromatic rings. The maximum absolute atomic E-state index is 5.48. The average molecular weight is 488 g/mol. The van der Waals surface area contributed by atoms with Crippen LogP contribution < -0.4 is 24.0 Å². The number of aryl methyl sites for hydroxylation is 1. The van der Waals surface area contributed by atoms with Gasteiger partial charge >= 0.3 is 0 Å². The Morgan fingerprint density at radius 1 is 0.806 bits per heavy atom. The summed E-state index contributed by atoms with van der Waals surface area (Å²) in [6, 6.07) is 16.1. The Labute approximate surface area is 212 Å². The number of piperazine rings is 1. The molecule has 0 spiro atoms. The molecule has 0 radical (unpaired) electrons. The van der Waals surface area contributed by atoms with Crippen LogP contribution in [0.25, 0.3) is 16.9 Å². The van der Waals surface area contributed by atoms with Crippen molar-refractivity contribution in [3.05, 3.63) is 59.8 Å². The van der Waals surface area contributed by atoms with Gasteiger partial charge in [-0.25, -0.2) is 4.98 Å². The molecule has 8 heteroatoms. The maximum Gasteiger partial charge on any atom is 0.158 e. The quantitative estimate of drug-likeness (QED) is 0.377. The Morgan fingerprint density at radius 3 is 2.11 bits per heavy atom. The summed E-state index contributed by atoms with van der Waals surface area (Å²) in [6.45, 7) is 7.90. The highest BCUT2D eigenvalue weighted by atomic mass is 16.5. The zero-order chi connectivity index (χ0) is 25.2. The standard InChI is InChI=1S/C28H33N5O3/c1-6-25-19(2)29-27-18-26(20-14-23(35-4)17-24(15-20)36-5)30-33(27)28(25)32-12-10-31(11-13-32)21-8-7-9-22(16-21)34-3/h7-9,14-18H,6,10-13H2,1-5H3. The molecule has 36 heavy (non-hydrogen) atoms. The molecule has 0 saturated carbocycles. The van der Waals surface area contributed by atoms with Crippen LogP contribution in [0, 0.1) is 6.92 Å². The monoisotopic (exact) mass is 487 g/mol. The number of ether oxygens (including phenoxy) is 3. The van der Waals surface area contributed by atoms with Crippen LogP contribution in [0.2, 0.25) is 0 Å². The second kappa shape index (κ2) is 9.97. The van der Waals surface area contributed by atoms with Crippen molar-refractivity contribution in [1.29, 1.82) is 0 Å². The van der Waals surface area contributed by atoms with E-state index in [0.29, 0.717) is 0 Å². The molecule has 0 unspecified atom stereocenters. The number of anilines is 2. The highest BCUT2D eigenvalue weighted by Gasteiger charge is 2.24. The summed E-state index contributed by atoms with van der Waals surface area (Å²) >= 11 is 0. The fraction of sp³-hybridized carbons (Fsp3) is 0.357. The van der Waals surface area contributed by atoms with Crippen LogP contribution in [0.1, 0.15) is 18.2 Å². The van der Waals surface area contributed by atoms with Gasteiger partial charge in [-0.15, -0.1) is 0 Å². The average Bonchev–Trinajstić information content (AvgIpc) is 3.35. The van der Waals surface area contributed by atoms with Crippen LogP contribution in [0.3, 0.4) is 0 Å². The summed E-state index contributed by atoms with van der Waals surface area (Å²) in [5, 5.41) is 5.03. The van der Waals surface area contributed by atoms with Crippen molar-refractivity contribution in [3.63, 3.8) is 0 Å². The van der Waals surface area contributed by atoms with Gasteiger partial charge in [0.15, 0.2) is 5.65 Å². The summed E-state index contributed by atoms with van der Waals surface area (Å²) in [5.41, 5.74) is 6.07. The van der Waals surface area contributed by atoms with Crippen LogP contribution in [0.4, 0.5) is 11.5 Å². The minimum atomic E-state index is 0.730. The van der Waals surface area contributed by atoms with E-state index in [1.54, 1.807) is 21.3 Å². The van der Waals surface area contributed by atoms with Crippen LogP contribution in [-0.4, -0.2) is 62.1 Å². The smallest absolute Gasteiger partial charge is 0.158 e. The van der Waals surface area contributed by atoms with E-state index in [9.17, 15) is 0 Å². The van der Waals surface area contributed by atoms with Gasteiger partial charge in [-0.3, -0.25) is 0 Å². The van der Waals surface area contributed by atoms with Gasteiger partial charge in [0.2, 0.25) is 0 Å². The zero-order valence-corrected chi connectivity index (χ0v) is 21.6. The third kappa shape index (κ3) is 4.39. The number of rotatable bonds is 7. The minimum absolute atomic E-state index is 0.730. The van der Waals surface area contributed by atoms with Crippen molar-refractivity contribution in [2.24, 2.45) is 0 Å². The molecule has 188 valence electrons. The van der Waals surface area contributed by atoms with Crippen molar-refractivity contribution in [1.82, 2.24) is 14.6 Å². The second-order valence-corrected chi connectivity index (χ2v) is 8.93. The molecule has 8 nitrogen and oxygen atoms in total. The molecule has 0 atom stereocenters. The van der Waals surface area contributed by atoms with Gasteiger partial charge in [0, 0.05) is 66.9 Å². The Morgan fingerprint density at radius 2 is 1.47 bits per heavy atom. The lowest BCUT2D eigenvalue weighted by molar-refractivity contribution is 0.394. The molecular formula is C28H33N5O3. The normalized spacial score (nSPS) is 13.8. The van der Waals surface area contributed by atoms with Crippen LogP contribution in [0.5, 0.6) is 17.2 Å². The van der Waals surface area contributed by atoms with E-state index in [4.69, 9.17) is 24.3 Å². The molecule has 2 aromatic heterocycles. The number of hydrogen-bond donors (Lipinski definition) is 0. The Bertz CT molecular complexity index is 1350. The third-order valence-electron chi connectivity index (χ3n) is 6.88. The number of fused-ring (bicyclic) bond motifs is 1.